The molecule has 0 saturated heterocycles. The summed E-state index contributed by atoms with van der Waals surface area (Å²) in [6.45, 7) is 13.3. The van der Waals surface area contributed by atoms with Crippen LogP contribution in [-0.2, 0) is 0 Å². The van der Waals surface area contributed by atoms with E-state index < -0.39 is 0 Å². The average Bonchev–Trinajstić information content (AvgIpc) is 2.08. The lowest BCUT2D eigenvalue weighted by atomic mass is 9.69. The lowest BCUT2D eigenvalue weighted by Crippen LogP contribution is -2.26. The zero-order valence-electron chi connectivity index (χ0n) is 8.61. The standard InChI is InChI=1S/C11H23/c1-6-10(5)11(7-2,8-3)9-4/h10H,2,6-9H2,1,3-5H3. The molecule has 0 bridgehead atoms. The van der Waals surface area contributed by atoms with Gasteiger partial charge in [-0.2, -0.15) is 0 Å². The summed E-state index contributed by atoms with van der Waals surface area (Å²) in [5.74, 6) is 0.829. The molecule has 0 saturated carbocycles. The molecule has 0 heteroatoms. The van der Waals surface area contributed by atoms with Gasteiger partial charge >= 0.3 is 0 Å². The monoisotopic (exact) mass is 155 g/mol. The fourth-order valence-corrected chi connectivity index (χ4v) is 1.98. The second-order valence-corrected chi connectivity index (χ2v) is 3.63. The molecule has 0 aliphatic heterocycles. The van der Waals surface area contributed by atoms with Gasteiger partial charge in [-0.25, -0.2) is 0 Å². The van der Waals surface area contributed by atoms with Gasteiger partial charge in [0.1, 0.15) is 0 Å². The SMILES string of the molecule is [CH2]CC(CC)(CC)C(C)CC. The van der Waals surface area contributed by atoms with Crippen LogP contribution in [0.5, 0.6) is 0 Å². The van der Waals surface area contributed by atoms with Gasteiger partial charge in [0.25, 0.3) is 0 Å². The largest absolute Gasteiger partial charge is 0.0651 e. The summed E-state index contributed by atoms with van der Waals surface area (Å²) in [6.07, 6.45) is 4.94. The van der Waals surface area contributed by atoms with E-state index in [4.69, 9.17) is 0 Å². The molecule has 0 aromatic carbocycles. The summed E-state index contributed by atoms with van der Waals surface area (Å²) in [4.78, 5) is 0. The summed E-state index contributed by atoms with van der Waals surface area (Å²) >= 11 is 0. The first-order valence-corrected chi connectivity index (χ1v) is 4.96. The van der Waals surface area contributed by atoms with Crippen molar-refractivity contribution in [1.29, 1.82) is 0 Å². The van der Waals surface area contributed by atoms with Crippen LogP contribution in [0.3, 0.4) is 0 Å². The van der Waals surface area contributed by atoms with Crippen LogP contribution < -0.4 is 0 Å². The summed E-state index contributed by atoms with van der Waals surface area (Å²) < 4.78 is 0. The van der Waals surface area contributed by atoms with Crippen LogP contribution in [-0.4, -0.2) is 0 Å². The molecule has 1 radical (unpaired) electrons. The highest BCUT2D eigenvalue weighted by Crippen LogP contribution is 2.39. The van der Waals surface area contributed by atoms with Crippen LogP contribution in [0.2, 0.25) is 0 Å². The third-order valence-electron chi connectivity index (χ3n) is 3.56. The van der Waals surface area contributed by atoms with E-state index in [1.165, 1.54) is 19.3 Å². The van der Waals surface area contributed by atoms with Crippen molar-refractivity contribution >= 4 is 0 Å². The van der Waals surface area contributed by atoms with Gasteiger partial charge < -0.3 is 0 Å². The molecule has 11 heavy (non-hydrogen) atoms. The van der Waals surface area contributed by atoms with Crippen molar-refractivity contribution in [1.82, 2.24) is 0 Å². The van der Waals surface area contributed by atoms with Gasteiger partial charge in [0.2, 0.25) is 0 Å². The molecule has 0 nitrogen and oxygen atoms in total. The maximum atomic E-state index is 4.07. The van der Waals surface area contributed by atoms with Crippen LogP contribution in [0.15, 0.2) is 0 Å². The molecule has 67 valence electrons. The van der Waals surface area contributed by atoms with Crippen molar-refractivity contribution in [2.24, 2.45) is 11.3 Å². The van der Waals surface area contributed by atoms with Crippen LogP contribution in [0.25, 0.3) is 0 Å². The minimum atomic E-state index is 0.523. The topological polar surface area (TPSA) is 0 Å². The summed E-state index contributed by atoms with van der Waals surface area (Å²) in [6, 6.07) is 0. The number of hydrogen-bond acceptors (Lipinski definition) is 0. The Morgan fingerprint density at radius 2 is 1.64 bits per heavy atom. The smallest absolute Gasteiger partial charge is 0.0277 e. The lowest BCUT2D eigenvalue weighted by Gasteiger charge is -2.36. The van der Waals surface area contributed by atoms with Crippen molar-refractivity contribution in [2.75, 3.05) is 0 Å². The Labute approximate surface area is 72.4 Å². The van der Waals surface area contributed by atoms with Gasteiger partial charge in [0.15, 0.2) is 0 Å². The van der Waals surface area contributed by atoms with Crippen molar-refractivity contribution in [3.63, 3.8) is 0 Å². The lowest BCUT2D eigenvalue weighted by molar-refractivity contribution is 0.154. The van der Waals surface area contributed by atoms with Crippen molar-refractivity contribution in [3.05, 3.63) is 6.92 Å². The van der Waals surface area contributed by atoms with Crippen LogP contribution in [0.4, 0.5) is 0 Å². The highest BCUT2D eigenvalue weighted by atomic mass is 14.3. The van der Waals surface area contributed by atoms with Gasteiger partial charge in [0, 0.05) is 0 Å². The highest BCUT2D eigenvalue weighted by Gasteiger charge is 2.29. The second kappa shape index (κ2) is 4.79. The molecule has 0 amide bonds. The van der Waals surface area contributed by atoms with Crippen LogP contribution in [0, 0.1) is 18.3 Å². The summed E-state index contributed by atoms with van der Waals surface area (Å²) in [7, 11) is 0. The number of hydrogen-bond donors (Lipinski definition) is 0. The predicted molar refractivity (Wildman–Crippen MR) is 52.4 cm³/mol. The van der Waals surface area contributed by atoms with Gasteiger partial charge in [-0.15, -0.1) is 0 Å². The predicted octanol–water partition coefficient (Wildman–Crippen LogP) is 4.06. The minimum absolute atomic E-state index is 0.523. The van der Waals surface area contributed by atoms with E-state index in [-0.39, 0.29) is 0 Å². The van der Waals surface area contributed by atoms with Gasteiger partial charge in [-0.1, -0.05) is 53.9 Å². The quantitative estimate of drug-likeness (QED) is 0.561. The van der Waals surface area contributed by atoms with Crippen molar-refractivity contribution in [3.8, 4) is 0 Å². The fourth-order valence-electron chi connectivity index (χ4n) is 1.98. The van der Waals surface area contributed by atoms with E-state index in [2.05, 4.69) is 34.6 Å². The fraction of sp³-hybridized carbons (Fsp3) is 0.909. The van der Waals surface area contributed by atoms with Gasteiger partial charge in [-0.05, 0) is 17.8 Å². The number of rotatable bonds is 5. The molecular weight excluding hydrogens is 132 g/mol. The van der Waals surface area contributed by atoms with E-state index in [1.54, 1.807) is 0 Å². The molecule has 0 aliphatic carbocycles. The van der Waals surface area contributed by atoms with E-state index in [1.807, 2.05) is 0 Å². The normalized spacial score (nSPS) is 15.0. The Balaban J connectivity index is 4.26. The third kappa shape index (κ3) is 2.21. The zero-order valence-corrected chi connectivity index (χ0v) is 8.61. The van der Waals surface area contributed by atoms with Crippen LogP contribution >= 0.6 is 0 Å². The van der Waals surface area contributed by atoms with E-state index >= 15 is 0 Å². The van der Waals surface area contributed by atoms with Gasteiger partial charge in [-0.3, -0.25) is 0 Å². The van der Waals surface area contributed by atoms with Crippen molar-refractivity contribution < 1.29 is 0 Å². The zero-order chi connectivity index (χ0) is 8.91. The Bertz CT molecular complexity index is 81.9. The Hall–Kier alpha value is 0. The Kier molecular flexibility index (Phi) is 4.79. The molecule has 0 fully saturated rings. The Morgan fingerprint density at radius 3 is 1.73 bits per heavy atom. The maximum absolute atomic E-state index is 4.07. The third-order valence-corrected chi connectivity index (χ3v) is 3.56. The molecule has 0 aromatic heterocycles. The molecule has 0 rings (SSSR count). The summed E-state index contributed by atoms with van der Waals surface area (Å²) in [5, 5.41) is 0. The first-order chi connectivity index (χ1) is 5.16. The molecule has 0 N–H and O–H groups in total. The minimum Gasteiger partial charge on any atom is -0.0651 e. The molecule has 0 spiro atoms. The highest BCUT2D eigenvalue weighted by molar-refractivity contribution is 4.82. The molecule has 1 unspecified atom stereocenters. The average molecular weight is 155 g/mol. The summed E-state index contributed by atoms with van der Waals surface area (Å²) in [5.41, 5.74) is 0.523. The first kappa shape index (κ1) is 11.0. The first-order valence-electron chi connectivity index (χ1n) is 4.96. The Morgan fingerprint density at radius 1 is 1.18 bits per heavy atom. The van der Waals surface area contributed by atoms with E-state index in [0.717, 1.165) is 12.3 Å². The van der Waals surface area contributed by atoms with Crippen molar-refractivity contribution in [2.45, 2.75) is 53.4 Å². The molecule has 0 aliphatic rings. The van der Waals surface area contributed by atoms with Crippen LogP contribution in [0.1, 0.15) is 53.4 Å². The molecular formula is C11H23. The molecule has 0 aromatic rings. The second-order valence-electron chi connectivity index (χ2n) is 3.63. The van der Waals surface area contributed by atoms with E-state index in [0.29, 0.717) is 5.41 Å². The van der Waals surface area contributed by atoms with E-state index in [9.17, 15) is 0 Å². The molecule has 0 heterocycles. The molecule has 1 atom stereocenters. The maximum Gasteiger partial charge on any atom is -0.0277 e. The van der Waals surface area contributed by atoms with Gasteiger partial charge in [0.05, 0.1) is 0 Å².